The molecule has 32 heavy (non-hydrogen) atoms. The molecule has 0 fully saturated rings. The van der Waals surface area contributed by atoms with Crippen molar-refractivity contribution >= 4 is 54.4 Å². The van der Waals surface area contributed by atoms with Crippen LogP contribution in [0.4, 0.5) is 5.69 Å². The van der Waals surface area contributed by atoms with E-state index in [1.165, 1.54) is 34.8 Å². The van der Waals surface area contributed by atoms with Crippen molar-refractivity contribution in [3.05, 3.63) is 47.5 Å². The van der Waals surface area contributed by atoms with Gasteiger partial charge in [0, 0.05) is 25.2 Å². The lowest BCUT2D eigenvalue weighted by Crippen LogP contribution is -2.30. The molecule has 2 aromatic heterocycles. The number of H-pyrrole nitrogens is 1. The van der Waals surface area contributed by atoms with Crippen molar-refractivity contribution in [2.75, 3.05) is 33.4 Å². The second-order valence-electron chi connectivity index (χ2n) is 6.99. The minimum atomic E-state index is -3.67. The van der Waals surface area contributed by atoms with Gasteiger partial charge in [-0.15, -0.1) is 11.3 Å². The van der Waals surface area contributed by atoms with Gasteiger partial charge in [0.25, 0.3) is 0 Å². The van der Waals surface area contributed by atoms with Crippen molar-refractivity contribution in [1.29, 1.82) is 0 Å². The summed E-state index contributed by atoms with van der Waals surface area (Å²) in [7, 11) is -2.19. The third-order valence-electron chi connectivity index (χ3n) is 4.95. The standard InChI is InChI=1S/C21H22N4O5S2/c1-25(8-10-30-11-9-26)32(28,29)15-4-2-14(3-5-15)22-12-16-19-17(24-21(16)27)6-7-18-20(19)31-13-23-18/h2-7,12-13,24,26-27H,8-11H2,1H3. The van der Waals surface area contributed by atoms with E-state index in [-0.39, 0.29) is 37.1 Å². The number of nitrogens with zero attached hydrogens (tertiary/aromatic N) is 3. The molecule has 2 heterocycles. The molecule has 0 aliphatic rings. The van der Waals surface area contributed by atoms with Crippen LogP contribution in [0, 0.1) is 0 Å². The number of sulfonamides is 1. The molecule has 0 aliphatic heterocycles. The smallest absolute Gasteiger partial charge is 0.242 e. The summed E-state index contributed by atoms with van der Waals surface area (Å²) in [5.74, 6) is 0.00823. The lowest BCUT2D eigenvalue weighted by Gasteiger charge is -2.17. The van der Waals surface area contributed by atoms with Crippen LogP contribution in [0.5, 0.6) is 5.88 Å². The molecule has 0 bridgehead atoms. The number of thiazole rings is 1. The van der Waals surface area contributed by atoms with Crippen LogP contribution in [0.25, 0.3) is 21.1 Å². The van der Waals surface area contributed by atoms with Gasteiger partial charge in [-0.2, -0.15) is 4.31 Å². The number of aliphatic hydroxyl groups excluding tert-OH is 1. The molecule has 3 N–H and O–H groups in total. The number of fused-ring (bicyclic) bond motifs is 3. The predicted octanol–water partition coefficient (Wildman–Crippen LogP) is 2.86. The number of benzene rings is 2. The first-order chi connectivity index (χ1) is 15.4. The zero-order valence-electron chi connectivity index (χ0n) is 17.2. The highest BCUT2D eigenvalue weighted by Crippen LogP contribution is 2.34. The zero-order valence-corrected chi connectivity index (χ0v) is 18.9. The molecular weight excluding hydrogens is 452 g/mol. The Morgan fingerprint density at radius 3 is 2.75 bits per heavy atom. The summed E-state index contributed by atoms with van der Waals surface area (Å²) in [5, 5.41) is 19.9. The summed E-state index contributed by atoms with van der Waals surface area (Å²) < 4.78 is 32.6. The first-order valence-corrected chi connectivity index (χ1v) is 12.1. The SMILES string of the molecule is CN(CCOCCO)S(=O)(=O)c1ccc(N=Cc2c(O)[nH]c3ccc4ncsc4c23)cc1. The molecule has 11 heteroatoms. The molecule has 0 aliphatic carbocycles. The molecule has 0 spiro atoms. The van der Waals surface area contributed by atoms with Gasteiger partial charge in [-0.05, 0) is 36.4 Å². The highest BCUT2D eigenvalue weighted by Gasteiger charge is 2.20. The average Bonchev–Trinajstić information content (AvgIpc) is 3.38. The molecule has 0 saturated carbocycles. The Balaban J connectivity index is 1.54. The molecule has 0 amide bonds. The van der Waals surface area contributed by atoms with E-state index >= 15 is 0 Å². The van der Waals surface area contributed by atoms with E-state index in [1.54, 1.807) is 23.9 Å². The highest BCUT2D eigenvalue weighted by atomic mass is 32.2. The molecule has 0 atom stereocenters. The van der Waals surface area contributed by atoms with Crippen molar-refractivity contribution in [1.82, 2.24) is 14.3 Å². The zero-order chi connectivity index (χ0) is 22.7. The van der Waals surface area contributed by atoms with E-state index < -0.39 is 10.0 Å². The summed E-state index contributed by atoms with van der Waals surface area (Å²) in [6, 6.07) is 9.94. The van der Waals surface area contributed by atoms with Crippen molar-refractivity contribution < 1.29 is 23.4 Å². The van der Waals surface area contributed by atoms with Crippen LogP contribution in [0.2, 0.25) is 0 Å². The van der Waals surface area contributed by atoms with Gasteiger partial charge in [-0.3, -0.25) is 4.99 Å². The number of aromatic hydroxyl groups is 1. The summed E-state index contributed by atoms with van der Waals surface area (Å²) in [4.78, 5) is 11.8. The van der Waals surface area contributed by atoms with Gasteiger partial charge >= 0.3 is 0 Å². The van der Waals surface area contributed by atoms with Crippen molar-refractivity contribution in [3.8, 4) is 5.88 Å². The first kappa shape index (κ1) is 22.4. The fourth-order valence-corrected chi connectivity index (χ4v) is 5.25. The lowest BCUT2D eigenvalue weighted by atomic mass is 10.1. The molecule has 0 saturated heterocycles. The van der Waals surface area contributed by atoms with Crippen LogP contribution < -0.4 is 0 Å². The number of aromatic nitrogens is 2. The van der Waals surface area contributed by atoms with E-state index in [2.05, 4.69) is 15.0 Å². The summed E-state index contributed by atoms with van der Waals surface area (Å²) in [6.07, 6.45) is 1.56. The van der Waals surface area contributed by atoms with Crippen LogP contribution in [0.15, 0.2) is 51.8 Å². The van der Waals surface area contributed by atoms with Crippen LogP contribution in [0.1, 0.15) is 5.56 Å². The molecule has 0 radical (unpaired) electrons. The normalized spacial score (nSPS) is 12.6. The van der Waals surface area contributed by atoms with Gasteiger partial charge in [-0.1, -0.05) is 0 Å². The van der Waals surface area contributed by atoms with Crippen LogP contribution in [0.3, 0.4) is 0 Å². The second-order valence-corrected chi connectivity index (χ2v) is 9.89. The summed E-state index contributed by atoms with van der Waals surface area (Å²) in [5.41, 5.74) is 4.48. The monoisotopic (exact) mass is 474 g/mol. The van der Waals surface area contributed by atoms with E-state index in [9.17, 15) is 13.5 Å². The van der Waals surface area contributed by atoms with Crippen LogP contribution >= 0.6 is 11.3 Å². The van der Waals surface area contributed by atoms with Crippen LogP contribution in [-0.4, -0.2) is 72.5 Å². The molecule has 4 aromatic rings. The number of likely N-dealkylation sites (N-methyl/N-ethyl adjacent to an activating group) is 1. The maximum absolute atomic E-state index is 12.7. The Bertz CT molecular complexity index is 1360. The molecule has 9 nitrogen and oxygen atoms in total. The largest absolute Gasteiger partial charge is 0.494 e. The quantitative estimate of drug-likeness (QED) is 0.253. The van der Waals surface area contributed by atoms with E-state index in [0.717, 1.165) is 21.1 Å². The number of hydrogen-bond donors (Lipinski definition) is 3. The Hall–Kier alpha value is -2.83. The fraction of sp³-hybridized carbons (Fsp3) is 0.238. The van der Waals surface area contributed by atoms with Crippen molar-refractivity contribution in [3.63, 3.8) is 0 Å². The third kappa shape index (κ3) is 4.38. The Labute approximate surface area is 188 Å². The summed E-state index contributed by atoms with van der Waals surface area (Å²) >= 11 is 1.48. The minimum absolute atomic E-state index is 0.00823. The number of rotatable bonds is 9. The first-order valence-electron chi connectivity index (χ1n) is 9.77. The maximum Gasteiger partial charge on any atom is 0.242 e. The van der Waals surface area contributed by atoms with E-state index in [4.69, 9.17) is 9.84 Å². The Morgan fingerprint density at radius 2 is 2.00 bits per heavy atom. The predicted molar refractivity (Wildman–Crippen MR) is 125 cm³/mol. The van der Waals surface area contributed by atoms with Gasteiger partial charge in [-0.25, -0.2) is 13.4 Å². The van der Waals surface area contributed by atoms with Crippen LogP contribution in [-0.2, 0) is 14.8 Å². The minimum Gasteiger partial charge on any atom is -0.494 e. The Kier molecular flexibility index (Phi) is 6.53. The topological polar surface area (TPSA) is 128 Å². The van der Waals surface area contributed by atoms with Gasteiger partial charge < -0.3 is 19.9 Å². The maximum atomic E-state index is 12.7. The molecule has 0 unspecified atom stereocenters. The van der Waals surface area contributed by atoms with Gasteiger partial charge in [0.05, 0.1) is 57.2 Å². The number of aromatic amines is 1. The van der Waals surface area contributed by atoms with Gasteiger partial charge in [0.1, 0.15) is 0 Å². The third-order valence-corrected chi connectivity index (χ3v) is 7.68. The fourth-order valence-electron chi connectivity index (χ4n) is 3.24. The summed E-state index contributed by atoms with van der Waals surface area (Å²) in [6.45, 7) is 0.429. The molecule has 168 valence electrons. The number of ether oxygens (including phenoxy) is 1. The lowest BCUT2D eigenvalue weighted by molar-refractivity contribution is 0.0876. The number of nitrogens with one attached hydrogen (secondary N) is 1. The van der Waals surface area contributed by atoms with Gasteiger partial charge in [0.2, 0.25) is 10.0 Å². The number of aliphatic hydroxyl groups is 1. The van der Waals surface area contributed by atoms with Gasteiger partial charge in [0.15, 0.2) is 5.88 Å². The highest BCUT2D eigenvalue weighted by molar-refractivity contribution is 7.89. The second kappa shape index (κ2) is 9.35. The Morgan fingerprint density at radius 1 is 1.22 bits per heavy atom. The van der Waals surface area contributed by atoms with Crippen molar-refractivity contribution in [2.45, 2.75) is 4.90 Å². The average molecular weight is 475 g/mol. The number of aliphatic imine (C=N–C) groups is 1. The number of hydrogen-bond acceptors (Lipinski definition) is 8. The van der Waals surface area contributed by atoms with E-state index in [1.807, 2.05) is 12.1 Å². The van der Waals surface area contributed by atoms with E-state index in [0.29, 0.717) is 11.3 Å². The molecule has 2 aromatic carbocycles. The molecular formula is C21H22N4O5S2. The molecule has 4 rings (SSSR count). The van der Waals surface area contributed by atoms with Crippen molar-refractivity contribution in [2.24, 2.45) is 4.99 Å².